The molecule has 7 heteroatoms. The van der Waals surface area contributed by atoms with Crippen LogP contribution in [-0.2, 0) is 4.74 Å². The highest BCUT2D eigenvalue weighted by Gasteiger charge is 2.28. The molecule has 1 heterocycles. The molecule has 0 saturated carbocycles. The quantitative estimate of drug-likeness (QED) is 0.368. The predicted molar refractivity (Wildman–Crippen MR) is 77.9 cm³/mol. The molecule has 0 spiro atoms. The number of nitrogens with zero attached hydrogens (tertiary/aromatic N) is 2. The van der Waals surface area contributed by atoms with Crippen LogP contribution in [-0.4, -0.2) is 47.7 Å². The number of aryl methyl sites for hydroxylation is 1. The van der Waals surface area contributed by atoms with Crippen LogP contribution in [0.15, 0.2) is 27.8 Å². The van der Waals surface area contributed by atoms with Crippen LogP contribution in [0.2, 0.25) is 0 Å². The van der Waals surface area contributed by atoms with Gasteiger partial charge in [-0.3, -0.25) is 4.79 Å². The zero-order valence-corrected chi connectivity index (χ0v) is 12.6. The van der Waals surface area contributed by atoms with Crippen LogP contribution in [0, 0.1) is 6.92 Å². The van der Waals surface area contributed by atoms with E-state index in [2.05, 4.69) is 21.1 Å². The molecule has 2 rings (SSSR count). The second-order valence-corrected chi connectivity index (χ2v) is 5.51. The molecule has 1 fully saturated rings. The van der Waals surface area contributed by atoms with E-state index in [-0.39, 0.29) is 18.3 Å². The molecule has 0 radical (unpaired) electrons. The van der Waals surface area contributed by atoms with Crippen molar-refractivity contribution in [2.75, 3.05) is 19.7 Å². The Morgan fingerprint density at radius 3 is 3.00 bits per heavy atom. The van der Waals surface area contributed by atoms with Crippen LogP contribution in [0.5, 0.6) is 0 Å². The van der Waals surface area contributed by atoms with Crippen molar-refractivity contribution in [1.82, 2.24) is 4.90 Å². The maximum Gasteiger partial charge on any atom is 0.254 e. The second kappa shape index (κ2) is 6.23. The lowest BCUT2D eigenvalue weighted by Gasteiger charge is -2.32. The third kappa shape index (κ3) is 3.10. The summed E-state index contributed by atoms with van der Waals surface area (Å²) in [6, 6.07) is 5.52. The average Bonchev–Trinajstić information content (AvgIpc) is 2.46. The number of amidine groups is 1. The molecule has 6 nitrogen and oxygen atoms in total. The lowest BCUT2D eigenvalue weighted by Crippen LogP contribution is -2.50. The van der Waals surface area contributed by atoms with Gasteiger partial charge in [-0.25, -0.2) is 0 Å². The molecule has 1 aromatic rings. The van der Waals surface area contributed by atoms with E-state index in [1.165, 1.54) is 0 Å². The second-order valence-electron chi connectivity index (χ2n) is 4.59. The Morgan fingerprint density at radius 2 is 2.35 bits per heavy atom. The Morgan fingerprint density at radius 1 is 1.60 bits per heavy atom. The van der Waals surface area contributed by atoms with Crippen molar-refractivity contribution in [3.05, 3.63) is 33.8 Å². The van der Waals surface area contributed by atoms with Gasteiger partial charge >= 0.3 is 0 Å². The maximum absolute atomic E-state index is 12.5. The number of amides is 1. The first-order valence-corrected chi connectivity index (χ1v) is 6.96. The van der Waals surface area contributed by atoms with Crippen LogP contribution in [0.4, 0.5) is 0 Å². The summed E-state index contributed by atoms with van der Waals surface area (Å²) in [6.07, 6.45) is -0.562. The number of halogens is 1. The van der Waals surface area contributed by atoms with Crippen molar-refractivity contribution in [3.8, 4) is 0 Å². The minimum Gasteiger partial charge on any atom is -0.409 e. The number of oxime groups is 1. The van der Waals surface area contributed by atoms with Crippen LogP contribution in [0.1, 0.15) is 15.9 Å². The number of morpholine rings is 1. The van der Waals surface area contributed by atoms with Gasteiger partial charge in [0.2, 0.25) is 0 Å². The number of carbonyl (C=O) groups is 1. The van der Waals surface area contributed by atoms with Crippen molar-refractivity contribution in [2.24, 2.45) is 10.9 Å². The number of hydrogen-bond acceptors (Lipinski definition) is 4. The molecule has 1 saturated heterocycles. The van der Waals surface area contributed by atoms with Crippen LogP contribution >= 0.6 is 15.9 Å². The largest absolute Gasteiger partial charge is 0.409 e. The number of benzene rings is 1. The molecule has 3 N–H and O–H groups in total. The Balaban J connectivity index is 2.16. The van der Waals surface area contributed by atoms with E-state index in [9.17, 15) is 4.79 Å². The third-order valence-corrected chi connectivity index (χ3v) is 3.71. The average molecular weight is 342 g/mol. The Labute approximate surface area is 125 Å². The zero-order valence-electron chi connectivity index (χ0n) is 11.0. The fourth-order valence-corrected chi connectivity index (χ4v) is 2.59. The van der Waals surface area contributed by atoms with E-state index in [0.29, 0.717) is 18.7 Å². The fraction of sp³-hybridized carbons (Fsp3) is 0.385. The number of carbonyl (C=O) groups excluding carboxylic acids is 1. The highest BCUT2D eigenvalue weighted by atomic mass is 79.9. The normalized spacial score (nSPS) is 20.0. The summed E-state index contributed by atoms with van der Waals surface area (Å²) in [5, 5.41) is 11.6. The fourth-order valence-electron chi connectivity index (χ4n) is 2.11. The molecular weight excluding hydrogens is 326 g/mol. The monoisotopic (exact) mass is 341 g/mol. The Bertz CT molecular complexity index is 548. The molecule has 1 aromatic carbocycles. The van der Waals surface area contributed by atoms with Gasteiger partial charge in [0.1, 0.15) is 6.10 Å². The molecule has 1 aliphatic heterocycles. The summed E-state index contributed by atoms with van der Waals surface area (Å²) in [4.78, 5) is 14.2. The van der Waals surface area contributed by atoms with Gasteiger partial charge in [0.05, 0.1) is 13.2 Å². The van der Waals surface area contributed by atoms with Crippen molar-refractivity contribution >= 4 is 27.7 Å². The van der Waals surface area contributed by atoms with Crippen LogP contribution < -0.4 is 5.73 Å². The first kappa shape index (κ1) is 14.8. The van der Waals surface area contributed by atoms with Gasteiger partial charge in [0.25, 0.3) is 5.91 Å². The summed E-state index contributed by atoms with van der Waals surface area (Å²) in [5.74, 6) is -0.0935. The first-order chi connectivity index (χ1) is 9.52. The molecule has 0 aliphatic carbocycles. The van der Waals surface area contributed by atoms with Gasteiger partial charge in [-0.05, 0) is 30.7 Å². The van der Waals surface area contributed by atoms with Gasteiger partial charge < -0.3 is 20.6 Å². The molecule has 20 heavy (non-hydrogen) atoms. The Hall–Kier alpha value is -1.60. The third-order valence-electron chi connectivity index (χ3n) is 3.22. The highest BCUT2D eigenvalue weighted by Crippen LogP contribution is 2.18. The number of hydrogen-bond donors (Lipinski definition) is 2. The summed E-state index contributed by atoms with van der Waals surface area (Å²) >= 11 is 3.37. The lowest BCUT2D eigenvalue weighted by molar-refractivity contribution is 0.00672. The zero-order chi connectivity index (χ0) is 14.7. The topological polar surface area (TPSA) is 88.2 Å². The molecule has 0 aromatic heterocycles. The van der Waals surface area contributed by atoms with Gasteiger partial charge in [-0.2, -0.15) is 0 Å². The van der Waals surface area contributed by atoms with E-state index in [0.717, 1.165) is 10.0 Å². The van der Waals surface area contributed by atoms with Crippen molar-refractivity contribution in [3.63, 3.8) is 0 Å². The van der Waals surface area contributed by atoms with E-state index >= 15 is 0 Å². The maximum atomic E-state index is 12.5. The Kier molecular flexibility index (Phi) is 4.61. The van der Waals surface area contributed by atoms with E-state index < -0.39 is 6.10 Å². The van der Waals surface area contributed by atoms with Crippen molar-refractivity contribution in [2.45, 2.75) is 13.0 Å². The van der Waals surface area contributed by atoms with Gasteiger partial charge in [-0.1, -0.05) is 21.1 Å². The molecule has 1 atom stereocenters. The molecule has 1 amide bonds. The van der Waals surface area contributed by atoms with E-state index in [1.807, 2.05) is 19.1 Å². The van der Waals surface area contributed by atoms with Gasteiger partial charge in [0.15, 0.2) is 5.84 Å². The summed E-state index contributed by atoms with van der Waals surface area (Å²) in [6.45, 7) is 3.02. The van der Waals surface area contributed by atoms with Crippen molar-refractivity contribution in [1.29, 1.82) is 0 Å². The van der Waals surface area contributed by atoms with Gasteiger partial charge in [0, 0.05) is 16.6 Å². The first-order valence-electron chi connectivity index (χ1n) is 6.17. The molecule has 0 bridgehead atoms. The molecule has 108 valence electrons. The molecule has 1 unspecified atom stereocenters. The van der Waals surface area contributed by atoms with Crippen LogP contribution in [0.25, 0.3) is 0 Å². The van der Waals surface area contributed by atoms with Gasteiger partial charge in [-0.15, -0.1) is 0 Å². The number of nitrogens with two attached hydrogens (primary N) is 1. The molecular formula is C13H16BrN3O3. The standard InChI is InChI=1S/C13H16BrN3O3/c1-8-6-9(14)2-3-10(8)13(18)17-4-5-20-11(7-17)12(15)16-19/h2-3,6,11,19H,4-5,7H2,1H3,(H2,15,16). The minimum absolute atomic E-state index is 0.0185. The summed E-state index contributed by atoms with van der Waals surface area (Å²) < 4.78 is 6.31. The lowest BCUT2D eigenvalue weighted by atomic mass is 10.1. The van der Waals surface area contributed by atoms with E-state index in [4.69, 9.17) is 15.7 Å². The number of rotatable bonds is 2. The van der Waals surface area contributed by atoms with E-state index in [1.54, 1.807) is 11.0 Å². The molecule has 1 aliphatic rings. The minimum atomic E-state index is -0.562. The number of ether oxygens (including phenoxy) is 1. The SMILES string of the molecule is Cc1cc(Br)ccc1C(=O)N1CCOC(C(N)=NO)C1. The summed E-state index contributed by atoms with van der Waals surface area (Å²) in [5.41, 5.74) is 7.08. The summed E-state index contributed by atoms with van der Waals surface area (Å²) in [7, 11) is 0. The predicted octanol–water partition coefficient (Wildman–Crippen LogP) is 1.34. The smallest absolute Gasteiger partial charge is 0.254 e. The highest BCUT2D eigenvalue weighted by molar-refractivity contribution is 9.10. The van der Waals surface area contributed by atoms with Crippen molar-refractivity contribution < 1.29 is 14.7 Å². The van der Waals surface area contributed by atoms with Crippen LogP contribution in [0.3, 0.4) is 0 Å².